The minimum absolute atomic E-state index is 0.226. The van der Waals surface area contributed by atoms with Crippen LogP contribution in [0.4, 0.5) is 4.39 Å². The maximum Gasteiger partial charge on any atom is 0.129 e. The molecule has 0 spiro atoms. The Labute approximate surface area is 176 Å². The van der Waals surface area contributed by atoms with E-state index < -0.39 is 0 Å². The topological polar surface area (TPSA) is 47.9 Å². The Morgan fingerprint density at radius 1 is 1.03 bits per heavy atom. The Balaban J connectivity index is 1.53. The summed E-state index contributed by atoms with van der Waals surface area (Å²) in [6, 6.07) is 18.3. The monoisotopic (exact) mass is 423 g/mol. The number of rotatable bonds is 6. The molecule has 7 heteroatoms. The number of thiazole rings is 1. The molecule has 0 aliphatic heterocycles. The van der Waals surface area contributed by atoms with Crippen molar-refractivity contribution in [1.29, 1.82) is 0 Å². The predicted molar refractivity (Wildman–Crippen MR) is 116 cm³/mol. The number of ether oxygens (including phenoxy) is 1. The van der Waals surface area contributed by atoms with E-state index in [4.69, 9.17) is 9.72 Å². The van der Waals surface area contributed by atoms with Crippen LogP contribution in [-0.2, 0) is 5.75 Å². The molecule has 4 aromatic rings. The minimum atomic E-state index is -0.226. The van der Waals surface area contributed by atoms with E-state index in [1.54, 1.807) is 24.5 Å². The molecule has 0 amide bonds. The van der Waals surface area contributed by atoms with Crippen molar-refractivity contribution in [2.45, 2.75) is 17.7 Å². The lowest BCUT2D eigenvalue weighted by Crippen LogP contribution is -1.90. The van der Waals surface area contributed by atoms with Gasteiger partial charge in [-0.25, -0.2) is 9.37 Å². The summed E-state index contributed by atoms with van der Waals surface area (Å²) in [5.41, 5.74) is 3.58. The van der Waals surface area contributed by atoms with E-state index in [-0.39, 0.29) is 5.82 Å². The van der Waals surface area contributed by atoms with Gasteiger partial charge in [0, 0.05) is 5.75 Å². The summed E-state index contributed by atoms with van der Waals surface area (Å²) in [5.74, 6) is 1.21. The van der Waals surface area contributed by atoms with E-state index in [1.807, 2.05) is 49.4 Å². The number of hydrogen-bond acceptors (Lipinski definition) is 6. The summed E-state index contributed by atoms with van der Waals surface area (Å²) in [6.45, 7) is 1.97. The Morgan fingerprint density at radius 3 is 2.66 bits per heavy atom. The van der Waals surface area contributed by atoms with Crippen molar-refractivity contribution < 1.29 is 9.13 Å². The van der Waals surface area contributed by atoms with Crippen molar-refractivity contribution in [3.05, 3.63) is 77.7 Å². The van der Waals surface area contributed by atoms with Crippen LogP contribution >= 0.6 is 23.1 Å². The molecule has 146 valence electrons. The summed E-state index contributed by atoms with van der Waals surface area (Å²) < 4.78 is 18.7. The van der Waals surface area contributed by atoms with Gasteiger partial charge in [0.05, 0.1) is 23.2 Å². The van der Waals surface area contributed by atoms with Gasteiger partial charge >= 0.3 is 0 Å². The first-order valence-electron chi connectivity index (χ1n) is 8.96. The molecule has 0 unspecified atom stereocenters. The fraction of sp³-hybridized carbons (Fsp3) is 0.136. The Hall–Kier alpha value is -2.77. The number of para-hydroxylation sites is 1. The summed E-state index contributed by atoms with van der Waals surface area (Å²) in [6.07, 6.45) is 0. The van der Waals surface area contributed by atoms with Gasteiger partial charge in [0.1, 0.15) is 27.3 Å². The SMILES string of the molecule is COc1ccccc1-c1nc(C)c(-c2ccc(SCc3cccc(F)c3)nn2)s1. The Kier molecular flexibility index (Phi) is 5.87. The van der Waals surface area contributed by atoms with Crippen LogP contribution in [0.2, 0.25) is 0 Å². The number of halogens is 1. The molecule has 0 aliphatic rings. The van der Waals surface area contributed by atoms with Gasteiger partial charge in [-0.15, -0.1) is 21.5 Å². The second-order valence-corrected chi connectivity index (χ2v) is 8.30. The molecular weight excluding hydrogens is 405 g/mol. The molecule has 4 rings (SSSR count). The molecule has 2 heterocycles. The smallest absolute Gasteiger partial charge is 0.129 e. The second-order valence-electron chi connectivity index (χ2n) is 6.31. The van der Waals surface area contributed by atoms with Gasteiger partial charge in [0.25, 0.3) is 0 Å². The molecule has 2 aromatic carbocycles. The van der Waals surface area contributed by atoms with Crippen LogP contribution in [0.15, 0.2) is 65.7 Å². The molecule has 0 N–H and O–H groups in total. The van der Waals surface area contributed by atoms with E-state index in [0.717, 1.165) is 43.2 Å². The van der Waals surface area contributed by atoms with Crippen LogP contribution in [0, 0.1) is 12.7 Å². The molecule has 0 radical (unpaired) electrons. The highest BCUT2D eigenvalue weighted by molar-refractivity contribution is 7.98. The van der Waals surface area contributed by atoms with Gasteiger partial charge in [0.15, 0.2) is 0 Å². The van der Waals surface area contributed by atoms with Gasteiger partial charge < -0.3 is 4.74 Å². The fourth-order valence-electron chi connectivity index (χ4n) is 2.87. The number of hydrogen-bond donors (Lipinski definition) is 0. The predicted octanol–water partition coefficient (Wildman–Crippen LogP) is 6.02. The molecule has 0 saturated heterocycles. The van der Waals surface area contributed by atoms with Gasteiger partial charge in [-0.1, -0.05) is 36.0 Å². The number of aromatic nitrogens is 3. The lowest BCUT2D eigenvalue weighted by Gasteiger charge is -2.04. The molecule has 0 fully saturated rings. The van der Waals surface area contributed by atoms with E-state index in [2.05, 4.69) is 10.2 Å². The quantitative estimate of drug-likeness (QED) is 0.355. The molecule has 0 atom stereocenters. The highest BCUT2D eigenvalue weighted by Gasteiger charge is 2.15. The van der Waals surface area contributed by atoms with Crippen LogP contribution in [0.5, 0.6) is 5.75 Å². The normalized spacial score (nSPS) is 10.9. The highest BCUT2D eigenvalue weighted by Crippen LogP contribution is 2.38. The van der Waals surface area contributed by atoms with Gasteiger partial charge in [-0.2, -0.15) is 0 Å². The molecule has 0 saturated carbocycles. The number of thioether (sulfide) groups is 1. The van der Waals surface area contributed by atoms with E-state index in [9.17, 15) is 4.39 Å². The maximum absolute atomic E-state index is 13.3. The van der Waals surface area contributed by atoms with Crippen LogP contribution in [-0.4, -0.2) is 22.3 Å². The first kappa shape index (κ1) is 19.5. The third kappa shape index (κ3) is 4.46. The molecule has 0 aliphatic carbocycles. The molecule has 29 heavy (non-hydrogen) atoms. The first-order chi connectivity index (χ1) is 14.1. The standard InChI is InChI=1S/C22H18FN3OS2/c1-14-21(29-22(24-14)17-8-3-4-9-19(17)27-2)18-10-11-20(26-25-18)28-13-15-6-5-7-16(23)12-15/h3-12H,13H2,1-2H3. The fourth-order valence-corrected chi connectivity index (χ4v) is 4.69. The van der Waals surface area contributed by atoms with Crippen LogP contribution in [0.1, 0.15) is 11.3 Å². The van der Waals surface area contributed by atoms with Crippen molar-refractivity contribution >= 4 is 23.1 Å². The summed E-state index contributed by atoms with van der Waals surface area (Å²) in [5, 5.41) is 10.4. The number of nitrogens with zero attached hydrogens (tertiary/aromatic N) is 3. The molecule has 2 aromatic heterocycles. The Morgan fingerprint density at radius 2 is 1.90 bits per heavy atom. The van der Waals surface area contributed by atoms with Crippen molar-refractivity contribution in [3.8, 4) is 26.9 Å². The van der Waals surface area contributed by atoms with Gasteiger partial charge in [-0.3, -0.25) is 0 Å². The maximum atomic E-state index is 13.3. The summed E-state index contributed by atoms with van der Waals surface area (Å²) >= 11 is 3.10. The zero-order valence-corrected chi connectivity index (χ0v) is 17.6. The number of methoxy groups -OCH3 is 1. The lowest BCUT2D eigenvalue weighted by atomic mass is 10.2. The van der Waals surface area contributed by atoms with E-state index >= 15 is 0 Å². The van der Waals surface area contributed by atoms with E-state index in [1.165, 1.54) is 23.9 Å². The average Bonchev–Trinajstić information content (AvgIpc) is 3.14. The minimum Gasteiger partial charge on any atom is -0.496 e. The van der Waals surface area contributed by atoms with Crippen molar-refractivity contribution in [2.24, 2.45) is 0 Å². The van der Waals surface area contributed by atoms with Gasteiger partial charge in [0.2, 0.25) is 0 Å². The average molecular weight is 424 g/mol. The van der Waals surface area contributed by atoms with Crippen LogP contribution < -0.4 is 4.74 Å². The summed E-state index contributed by atoms with van der Waals surface area (Å²) in [4.78, 5) is 5.69. The van der Waals surface area contributed by atoms with Crippen LogP contribution in [0.25, 0.3) is 21.1 Å². The third-order valence-electron chi connectivity index (χ3n) is 4.28. The number of benzene rings is 2. The first-order valence-corrected chi connectivity index (χ1v) is 10.8. The van der Waals surface area contributed by atoms with Crippen LogP contribution in [0.3, 0.4) is 0 Å². The number of aryl methyl sites for hydroxylation is 1. The molecule has 4 nitrogen and oxygen atoms in total. The summed E-state index contributed by atoms with van der Waals surface area (Å²) in [7, 11) is 1.66. The van der Waals surface area contributed by atoms with E-state index in [0.29, 0.717) is 5.75 Å². The lowest BCUT2D eigenvalue weighted by molar-refractivity contribution is 0.416. The van der Waals surface area contributed by atoms with Crippen molar-refractivity contribution in [1.82, 2.24) is 15.2 Å². The molecular formula is C22H18FN3OS2. The zero-order chi connectivity index (χ0) is 20.2. The zero-order valence-electron chi connectivity index (χ0n) is 15.9. The largest absolute Gasteiger partial charge is 0.496 e. The van der Waals surface area contributed by atoms with Gasteiger partial charge in [-0.05, 0) is 48.9 Å². The van der Waals surface area contributed by atoms with Crippen molar-refractivity contribution in [2.75, 3.05) is 7.11 Å². The van der Waals surface area contributed by atoms with Crippen molar-refractivity contribution in [3.63, 3.8) is 0 Å². The molecule has 0 bridgehead atoms. The highest BCUT2D eigenvalue weighted by atomic mass is 32.2. The second kappa shape index (κ2) is 8.71. The Bertz CT molecular complexity index is 1130. The third-order valence-corrected chi connectivity index (χ3v) is 6.49.